The van der Waals surface area contributed by atoms with Crippen molar-refractivity contribution in [3.63, 3.8) is 0 Å². The minimum absolute atomic E-state index is 0.0446. The van der Waals surface area contributed by atoms with Crippen molar-refractivity contribution in [3.05, 3.63) is 80.6 Å². The van der Waals surface area contributed by atoms with Crippen LogP contribution in [-0.2, 0) is 0 Å². The summed E-state index contributed by atoms with van der Waals surface area (Å²) in [5.74, 6) is -0.392. The third kappa shape index (κ3) is 4.43. The minimum atomic E-state index is -0.629. The molecule has 11 nitrogen and oxygen atoms in total. The van der Waals surface area contributed by atoms with Crippen LogP contribution in [-0.4, -0.2) is 25.9 Å². The van der Waals surface area contributed by atoms with Gasteiger partial charge in [0.25, 0.3) is 17.3 Å². The van der Waals surface area contributed by atoms with Gasteiger partial charge in [-0.3, -0.25) is 30.3 Å². The van der Waals surface area contributed by atoms with Gasteiger partial charge in [-0.1, -0.05) is 23.5 Å². The van der Waals surface area contributed by atoms with Crippen LogP contribution in [0, 0.1) is 20.2 Å². The minimum Gasteiger partial charge on any atom is -0.451 e. The van der Waals surface area contributed by atoms with Gasteiger partial charge in [0, 0.05) is 29.8 Å². The number of carbonyl (C=O) groups excluding carboxylic acids is 1. The maximum atomic E-state index is 12.4. The highest BCUT2D eigenvalue weighted by Crippen LogP contribution is 2.29. The Hall–Kier alpha value is -4.23. The van der Waals surface area contributed by atoms with Gasteiger partial charge in [-0.05, 0) is 30.4 Å². The van der Waals surface area contributed by atoms with Crippen molar-refractivity contribution >= 4 is 61.3 Å². The second-order valence-corrected chi connectivity index (χ2v) is 7.75. The van der Waals surface area contributed by atoms with Gasteiger partial charge >= 0.3 is 0 Å². The van der Waals surface area contributed by atoms with E-state index < -0.39 is 15.8 Å². The van der Waals surface area contributed by atoms with Crippen LogP contribution in [0.1, 0.15) is 10.6 Å². The largest absolute Gasteiger partial charge is 0.451 e. The van der Waals surface area contributed by atoms with Crippen molar-refractivity contribution in [2.24, 2.45) is 0 Å². The monoisotopic (exact) mass is 469 g/mol. The average Bonchev–Trinajstić information content (AvgIpc) is 3.40. The lowest BCUT2D eigenvalue weighted by Gasteiger charge is -2.05. The molecule has 0 atom stereocenters. The molecule has 4 aromatic rings. The van der Waals surface area contributed by atoms with Crippen LogP contribution in [0.15, 0.2) is 59.0 Å². The highest BCUT2D eigenvalue weighted by atomic mass is 32.1. The van der Waals surface area contributed by atoms with Crippen LogP contribution >= 0.6 is 23.6 Å². The van der Waals surface area contributed by atoms with E-state index in [1.54, 1.807) is 6.07 Å². The predicted octanol–water partition coefficient (Wildman–Crippen LogP) is 4.50. The van der Waals surface area contributed by atoms with Gasteiger partial charge in [0.15, 0.2) is 16.0 Å². The number of non-ortho nitro benzene ring substituents is 2. The summed E-state index contributed by atoms with van der Waals surface area (Å²) < 4.78 is 6.09. The SMILES string of the molecule is O=C(NC(=S)Nc1nc2ccc([N+](=O)[O-])cc2s1)c1ccc(-c2cccc([N+](=O)[O-])c2)o1. The lowest BCUT2D eigenvalue weighted by atomic mass is 10.1. The number of benzene rings is 2. The first-order chi connectivity index (χ1) is 15.3. The third-order valence-electron chi connectivity index (χ3n) is 4.20. The molecule has 2 aromatic carbocycles. The number of thiazole rings is 1. The predicted molar refractivity (Wildman–Crippen MR) is 121 cm³/mol. The van der Waals surface area contributed by atoms with Gasteiger partial charge < -0.3 is 9.73 Å². The Bertz CT molecular complexity index is 1400. The van der Waals surface area contributed by atoms with Gasteiger partial charge in [0.2, 0.25) is 0 Å². The van der Waals surface area contributed by atoms with Crippen LogP contribution in [0.3, 0.4) is 0 Å². The molecule has 0 unspecified atom stereocenters. The molecule has 0 radical (unpaired) electrons. The van der Waals surface area contributed by atoms with Crippen LogP contribution < -0.4 is 10.6 Å². The summed E-state index contributed by atoms with van der Waals surface area (Å²) in [6.07, 6.45) is 0. The Kier molecular flexibility index (Phi) is 5.57. The van der Waals surface area contributed by atoms with Crippen molar-refractivity contribution in [2.45, 2.75) is 0 Å². The van der Waals surface area contributed by atoms with E-state index in [0.29, 0.717) is 20.9 Å². The smallest absolute Gasteiger partial charge is 0.293 e. The number of nitrogens with one attached hydrogen (secondary N) is 2. The fourth-order valence-electron chi connectivity index (χ4n) is 2.76. The molecule has 2 N–H and O–H groups in total. The molecule has 32 heavy (non-hydrogen) atoms. The zero-order valence-electron chi connectivity index (χ0n) is 15.8. The van der Waals surface area contributed by atoms with E-state index in [0.717, 1.165) is 11.3 Å². The van der Waals surface area contributed by atoms with Crippen molar-refractivity contribution in [1.29, 1.82) is 0 Å². The van der Waals surface area contributed by atoms with E-state index in [-0.39, 0.29) is 28.0 Å². The normalized spacial score (nSPS) is 10.6. The van der Waals surface area contributed by atoms with E-state index in [2.05, 4.69) is 15.6 Å². The molecule has 2 aromatic heterocycles. The summed E-state index contributed by atoms with van der Waals surface area (Å²) >= 11 is 6.27. The Morgan fingerprint density at radius 3 is 2.53 bits per heavy atom. The molecule has 13 heteroatoms. The molecule has 0 aliphatic rings. The van der Waals surface area contributed by atoms with Crippen molar-refractivity contribution in [3.8, 4) is 11.3 Å². The number of nitro benzene ring substituents is 2. The molecule has 0 spiro atoms. The molecule has 0 saturated carbocycles. The van der Waals surface area contributed by atoms with Crippen LogP contribution in [0.2, 0.25) is 0 Å². The number of rotatable bonds is 5. The molecule has 0 bridgehead atoms. The molecular formula is C19H11N5O6S2. The number of hydrogen-bond acceptors (Lipinski definition) is 9. The number of nitro groups is 2. The summed E-state index contributed by atoms with van der Waals surface area (Å²) in [6.45, 7) is 0. The van der Waals surface area contributed by atoms with Crippen LogP contribution in [0.4, 0.5) is 16.5 Å². The Labute approximate surface area is 188 Å². The Balaban J connectivity index is 1.44. The highest BCUT2D eigenvalue weighted by Gasteiger charge is 2.16. The molecule has 0 aliphatic carbocycles. The topological polar surface area (TPSA) is 153 Å². The number of furan rings is 1. The van der Waals surface area contributed by atoms with Crippen molar-refractivity contribution in [2.75, 3.05) is 5.32 Å². The first kappa shape index (κ1) is 21.0. The zero-order chi connectivity index (χ0) is 22.8. The average molecular weight is 469 g/mol. The van der Waals surface area contributed by atoms with E-state index in [9.17, 15) is 25.0 Å². The molecule has 1 amide bonds. The number of aromatic nitrogens is 1. The Morgan fingerprint density at radius 2 is 1.78 bits per heavy atom. The number of thiocarbonyl (C=S) groups is 1. The summed E-state index contributed by atoms with van der Waals surface area (Å²) in [5.41, 5.74) is 0.838. The third-order valence-corrected chi connectivity index (χ3v) is 5.34. The number of amides is 1. The van der Waals surface area contributed by atoms with E-state index in [1.807, 2.05) is 0 Å². The van der Waals surface area contributed by atoms with Gasteiger partial charge in [-0.25, -0.2) is 4.98 Å². The van der Waals surface area contributed by atoms with Crippen LogP contribution in [0.25, 0.3) is 21.5 Å². The number of fused-ring (bicyclic) bond motifs is 1. The molecule has 0 saturated heterocycles. The first-order valence-corrected chi connectivity index (χ1v) is 10.0. The molecule has 0 aliphatic heterocycles. The lowest BCUT2D eigenvalue weighted by molar-refractivity contribution is -0.384. The second kappa shape index (κ2) is 8.49. The molecular weight excluding hydrogens is 458 g/mol. The maximum Gasteiger partial charge on any atom is 0.293 e. The number of hydrogen-bond donors (Lipinski definition) is 2. The lowest BCUT2D eigenvalue weighted by Crippen LogP contribution is -2.33. The quantitative estimate of drug-likeness (QED) is 0.244. The fraction of sp³-hybridized carbons (Fsp3) is 0. The first-order valence-electron chi connectivity index (χ1n) is 8.82. The number of anilines is 1. The van der Waals surface area contributed by atoms with Gasteiger partial charge in [-0.15, -0.1) is 0 Å². The van der Waals surface area contributed by atoms with E-state index in [1.165, 1.54) is 48.5 Å². The van der Waals surface area contributed by atoms with E-state index in [4.69, 9.17) is 16.6 Å². The summed E-state index contributed by atoms with van der Waals surface area (Å²) in [4.78, 5) is 37.5. The van der Waals surface area contributed by atoms with E-state index >= 15 is 0 Å². The summed E-state index contributed by atoms with van der Waals surface area (Å²) in [6, 6.07) is 13.0. The molecule has 2 heterocycles. The summed E-state index contributed by atoms with van der Waals surface area (Å²) in [7, 11) is 0. The van der Waals surface area contributed by atoms with Gasteiger partial charge in [0.1, 0.15) is 5.76 Å². The fourth-order valence-corrected chi connectivity index (χ4v) is 3.92. The standard InChI is InChI=1S/C19H11N5O6S2/c25-17(15-7-6-14(30-15)10-2-1-3-11(8-10)23(26)27)21-18(31)22-19-20-13-5-4-12(24(28)29)9-16(13)32-19/h1-9H,(H2,20,21,22,25,31). The zero-order valence-corrected chi connectivity index (χ0v) is 17.4. The Morgan fingerprint density at radius 1 is 1.03 bits per heavy atom. The van der Waals surface area contributed by atoms with Crippen molar-refractivity contribution < 1.29 is 19.1 Å². The second-order valence-electron chi connectivity index (χ2n) is 6.31. The molecule has 4 rings (SSSR count). The van der Waals surface area contributed by atoms with Crippen molar-refractivity contribution in [1.82, 2.24) is 10.3 Å². The summed E-state index contributed by atoms with van der Waals surface area (Å²) in [5, 5.41) is 27.3. The number of carbonyl (C=O) groups is 1. The number of nitrogens with zero attached hydrogens (tertiary/aromatic N) is 3. The van der Waals surface area contributed by atoms with Crippen LogP contribution in [0.5, 0.6) is 0 Å². The van der Waals surface area contributed by atoms with Gasteiger partial charge in [0.05, 0.1) is 20.1 Å². The molecule has 0 fully saturated rings. The molecule has 160 valence electrons. The highest BCUT2D eigenvalue weighted by molar-refractivity contribution is 7.80. The maximum absolute atomic E-state index is 12.4. The van der Waals surface area contributed by atoms with Gasteiger partial charge in [-0.2, -0.15) is 0 Å².